The molecule has 0 aliphatic heterocycles. The molecule has 0 saturated carbocycles. The number of hydrogen-bond acceptors (Lipinski definition) is 4. The Balaban J connectivity index is 1.71. The normalized spacial score (nSPS) is 11.0. The Kier molecular flexibility index (Phi) is 4.18. The summed E-state index contributed by atoms with van der Waals surface area (Å²) in [6.07, 6.45) is 3.22. The molecule has 0 N–H and O–H groups in total. The van der Waals surface area contributed by atoms with Crippen LogP contribution in [0.3, 0.4) is 0 Å². The Bertz CT molecular complexity index is 1130. The number of hydrogen-bond donors (Lipinski definition) is 0. The number of nitrogens with zero attached hydrogens (tertiary/aromatic N) is 2. The zero-order chi connectivity index (χ0) is 18.3. The number of halogens is 1. The molecule has 0 fully saturated rings. The van der Waals surface area contributed by atoms with Crippen molar-refractivity contribution in [1.29, 1.82) is 0 Å². The van der Waals surface area contributed by atoms with Crippen LogP contribution >= 0.6 is 22.9 Å². The quantitative estimate of drug-likeness (QED) is 0.477. The zero-order valence-corrected chi connectivity index (χ0v) is 15.3. The highest BCUT2D eigenvalue weighted by atomic mass is 35.5. The van der Waals surface area contributed by atoms with Gasteiger partial charge in [-0.05, 0) is 31.2 Å². The first-order chi connectivity index (χ1) is 12.5. The van der Waals surface area contributed by atoms with Gasteiger partial charge in [0.05, 0.1) is 11.1 Å². The summed E-state index contributed by atoms with van der Waals surface area (Å²) in [6.45, 7) is 1.97. The van der Waals surface area contributed by atoms with Crippen LogP contribution in [0.15, 0.2) is 60.9 Å². The number of ketones is 2. The van der Waals surface area contributed by atoms with Gasteiger partial charge in [0.25, 0.3) is 0 Å². The summed E-state index contributed by atoms with van der Waals surface area (Å²) in [6, 6.07) is 14.1. The first kappa shape index (κ1) is 16.7. The number of aromatic nitrogens is 2. The number of carbonyl (C=O) groups is 2. The number of benzene rings is 2. The lowest BCUT2D eigenvalue weighted by molar-refractivity contribution is 0.102. The lowest BCUT2D eigenvalue weighted by atomic mass is 10.1. The van der Waals surface area contributed by atoms with Crippen LogP contribution in [0.1, 0.15) is 36.9 Å². The van der Waals surface area contributed by atoms with Crippen LogP contribution in [-0.4, -0.2) is 21.0 Å². The van der Waals surface area contributed by atoms with Gasteiger partial charge in [0.15, 0.2) is 4.96 Å². The molecule has 26 heavy (non-hydrogen) atoms. The Morgan fingerprint density at radius 2 is 1.58 bits per heavy atom. The number of thiazole rings is 1. The summed E-state index contributed by atoms with van der Waals surface area (Å²) in [4.78, 5) is 30.8. The summed E-state index contributed by atoms with van der Waals surface area (Å²) in [5.41, 5.74) is 2.67. The number of fused-ring (bicyclic) bond motifs is 1. The van der Waals surface area contributed by atoms with Crippen molar-refractivity contribution in [2.24, 2.45) is 0 Å². The molecule has 128 valence electrons. The lowest BCUT2D eigenvalue weighted by Crippen LogP contribution is -2.05. The topological polar surface area (TPSA) is 51.4 Å². The minimum absolute atomic E-state index is 0.120. The molecule has 2 heterocycles. The molecule has 4 rings (SSSR count). The van der Waals surface area contributed by atoms with E-state index in [9.17, 15) is 9.59 Å². The standard InChI is InChI=1S/C20H13ClN2O2S/c1-12-2-4-13(5-3-12)18(24)16-10-22-20-23(16)11-17(26-20)19(25)14-6-8-15(21)9-7-14/h2-11H,1H3. The first-order valence-electron chi connectivity index (χ1n) is 7.91. The van der Waals surface area contributed by atoms with E-state index < -0.39 is 0 Å². The van der Waals surface area contributed by atoms with E-state index in [4.69, 9.17) is 11.6 Å². The molecule has 4 aromatic rings. The number of aryl methyl sites for hydroxylation is 1. The SMILES string of the molecule is Cc1ccc(C(=O)c2cnc3sc(C(=O)c4ccc(Cl)cc4)cn23)cc1. The van der Waals surface area contributed by atoms with Gasteiger partial charge in [-0.1, -0.05) is 52.8 Å². The van der Waals surface area contributed by atoms with Gasteiger partial charge < -0.3 is 0 Å². The molecular formula is C20H13ClN2O2S. The molecule has 0 unspecified atom stereocenters. The highest BCUT2D eigenvalue weighted by molar-refractivity contribution is 7.19. The van der Waals surface area contributed by atoms with Crippen molar-refractivity contribution in [3.8, 4) is 0 Å². The summed E-state index contributed by atoms with van der Waals surface area (Å²) < 4.78 is 1.68. The molecule has 0 radical (unpaired) electrons. The molecule has 0 bridgehead atoms. The van der Waals surface area contributed by atoms with Crippen LogP contribution in [0, 0.1) is 6.92 Å². The zero-order valence-electron chi connectivity index (χ0n) is 13.8. The third-order valence-corrected chi connectivity index (χ3v) is 5.33. The molecule has 0 saturated heterocycles. The maximum Gasteiger partial charge on any atom is 0.211 e. The molecule has 2 aromatic heterocycles. The minimum atomic E-state index is -0.124. The van der Waals surface area contributed by atoms with Crippen molar-refractivity contribution in [3.05, 3.63) is 93.2 Å². The van der Waals surface area contributed by atoms with Crippen molar-refractivity contribution in [1.82, 2.24) is 9.38 Å². The monoisotopic (exact) mass is 380 g/mol. The van der Waals surface area contributed by atoms with Gasteiger partial charge in [0.2, 0.25) is 11.6 Å². The second-order valence-corrected chi connectivity index (χ2v) is 7.37. The van der Waals surface area contributed by atoms with Crippen LogP contribution in [-0.2, 0) is 0 Å². The molecule has 0 spiro atoms. The molecule has 2 aromatic carbocycles. The fraction of sp³-hybridized carbons (Fsp3) is 0.0500. The average molecular weight is 381 g/mol. The minimum Gasteiger partial charge on any atom is -0.288 e. The molecular weight excluding hydrogens is 368 g/mol. The molecule has 4 nitrogen and oxygen atoms in total. The van der Waals surface area contributed by atoms with Crippen LogP contribution in [0.5, 0.6) is 0 Å². The fourth-order valence-corrected chi connectivity index (χ4v) is 3.70. The highest BCUT2D eigenvalue weighted by Crippen LogP contribution is 2.24. The van der Waals surface area contributed by atoms with E-state index in [0.29, 0.717) is 31.7 Å². The second kappa shape index (κ2) is 6.52. The third-order valence-electron chi connectivity index (χ3n) is 4.09. The Morgan fingerprint density at radius 1 is 0.962 bits per heavy atom. The maximum atomic E-state index is 12.8. The fourth-order valence-electron chi connectivity index (χ4n) is 2.66. The van der Waals surface area contributed by atoms with Crippen molar-refractivity contribution in [2.45, 2.75) is 6.92 Å². The van der Waals surface area contributed by atoms with Crippen LogP contribution in [0.25, 0.3) is 4.96 Å². The van der Waals surface area contributed by atoms with E-state index in [1.807, 2.05) is 19.1 Å². The van der Waals surface area contributed by atoms with Crippen molar-refractivity contribution < 1.29 is 9.59 Å². The van der Waals surface area contributed by atoms with Crippen LogP contribution in [0.4, 0.5) is 0 Å². The van der Waals surface area contributed by atoms with E-state index in [1.165, 1.54) is 11.3 Å². The molecule has 0 atom stereocenters. The smallest absolute Gasteiger partial charge is 0.211 e. The highest BCUT2D eigenvalue weighted by Gasteiger charge is 2.19. The maximum absolute atomic E-state index is 12.8. The second-order valence-electron chi connectivity index (χ2n) is 5.92. The summed E-state index contributed by atoms with van der Waals surface area (Å²) >= 11 is 7.13. The van der Waals surface area contributed by atoms with Gasteiger partial charge in [-0.2, -0.15) is 0 Å². The van der Waals surface area contributed by atoms with Crippen molar-refractivity contribution >= 4 is 39.5 Å². The molecule has 6 heteroatoms. The van der Waals surface area contributed by atoms with E-state index in [-0.39, 0.29) is 11.6 Å². The largest absolute Gasteiger partial charge is 0.288 e. The van der Waals surface area contributed by atoms with Gasteiger partial charge in [-0.3, -0.25) is 14.0 Å². The number of carbonyl (C=O) groups excluding carboxylic acids is 2. The predicted molar refractivity (Wildman–Crippen MR) is 103 cm³/mol. The number of imidazole rings is 1. The molecule has 0 aliphatic rings. The Hall–Kier alpha value is -2.76. The van der Waals surface area contributed by atoms with E-state index in [2.05, 4.69) is 4.98 Å². The first-order valence-corrected chi connectivity index (χ1v) is 9.11. The predicted octanol–water partition coefficient (Wildman–Crippen LogP) is 4.82. The van der Waals surface area contributed by atoms with Crippen molar-refractivity contribution in [3.63, 3.8) is 0 Å². The van der Waals surface area contributed by atoms with Gasteiger partial charge >= 0.3 is 0 Å². The summed E-state index contributed by atoms with van der Waals surface area (Å²) in [5, 5.41) is 0.577. The van der Waals surface area contributed by atoms with E-state index in [0.717, 1.165) is 5.56 Å². The molecule has 0 aliphatic carbocycles. The van der Waals surface area contributed by atoms with E-state index in [1.54, 1.807) is 53.2 Å². The summed E-state index contributed by atoms with van der Waals surface area (Å²) in [5.74, 6) is -0.244. The third kappa shape index (κ3) is 2.96. The number of rotatable bonds is 4. The van der Waals surface area contributed by atoms with Gasteiger partial charge in [0.1, 0.15) is 5.69 Å². The van der Waals surface area contributed by atoms with Gasteiger partial charge in [0, 0.05) is 22.3 Å². The Morgan fingerprint density at radius 3 is 2.27 bits per heavy atom. The Labute approximate surface area is 158 Å². The summed E-state index contributed by atoms with van der Waals surface area (Å²) in [7, 11) is 0. The van der Waals surface area contributed by atoms with Gasteiger partial charge in [-0.25, -0.2) is 4.98 Å². The van der Waals surface area contributed by atoms with Crippen LogP contribution in [0.2, 0.25) is 5.02 Å². The van der Waals surface area contributed by atoms with Gasteiger partial charge in [-0.15, -0.1) is 0 Å². The average Bonchev–Trinajstić information content (AvgIpc) is 3.22. The van der Waals surface area contributed by atoms with Crippen LogP contribution < -0.4 is 0 Å². The molecule has 0 amide bonds. The van der Waals surface area contributed by atoms with E-state index >= 15 is 0 Å². The van der Waals surface area contributed by atoms with Crippen molar-refractivity contribution in [2.75, 3.05) is 0 Å². The lowest BCUT2D eigenvalue weighted by Gasteiger charge is -2.00.